The minimum atomic E-state index is -1.22. The van der Waals surface area contributed by atoms with Gasteiger partial charge in [-0.2, -0.15) is 9.36 Å². The molecule has 5 heterocycles. The van der Waals surface area contributed by atoms with Crippen molar-refractivity contribution in [1.29, 1.82) is 0 Å². The summed E-state index contributed by atoms with van der Waals surface area (Å²) in [5, 5.41) is 20.9. The fourth-order valence-corrected chi connectivity index (χ4v) is 6.19. The number of carbonyl (C=O) groups excluding carboxylic acids is 2. The van der Waals surface area contributed by atoms with E-state index in [1.807, 2.05) is 34.5 Å². The lowest BCUT2D eigenvalue weighted by Gasteiger charge is -2.49. The molecule has 0 radical (unpaired) electrons. The minimum Gasteiger partial charge on any atom is -0.477 e. The van der Waals surface area contributed by atoms with Crippen LogP contribution in [0.2, 0.25) is 0 Å². The number of nitrogens with one attached hydrogen (secondary N) is 3. The van der Waals surface area contributed by atoms with Crippen LogP contribution in [0.1, 0.15) is 12.2 Å². The van der Waals surface area contributed by atoms with Crippen LogP contribution in [0, 0.1) is 0 Å². The average Bonchev–Trinajstić information content (AvgIpc) is 3.55. The summed E-state index contributed by atoms with van der Waals surface area (Å²) in [4.78, 5) is 50.1. The van der Waals surface area contributed by atoms with Crippen molar-refractivity contribution in [3.8, 4) is 0 Å². The SMILES string of the molecule is CO/N=C(\C(=O)N[C@@H]1C(=O)N2C(C(=O)O)=C(CN3C=CN4NC(NCCCN)=CC=C34)CS[C@@H]12)c1nsc(N)n1. The van der Waals surface area contributed by atoms with Gasteiger partial charge in [0.05, 0.1) is 0 Å². The Morgan fingerprint density at radius 2 is 2.17 bits per heavy atom. The summed E-state index contributed by atoms with van der Waals surface area (Å²) in [5.41, 5.74) is 14.6. The first kappa shape index (κ1) is 27.3. The molecule has 0 aliphatic carbocycles. The standard InChI is InChI=1S/C22H27N11O5S2/c1-38-29-14(17-27-22(24)40-30-17)18(34)26-15-19(35)33-16(21(36)37)11(10-39-20(15)33)9-31-7-8-32-13(31)4-3-12(28-32)25-6-2-5-23/h3-4,7-8,15,20,25,28H,2,5-6,9-10,23H2,1H3,(H,26,34)(H,36,37)(H2,24,27,30)/b29-14-/t15-,20+/m1/s1. The van der Waals surface area contributed by atoms with Gasteiger partial charge in [-0.05, 0) is 30.7 Å². The maximum absolute atomic E-state index is 13.1. The van der Waals surface area contributed by atoms with E-state index in [1.165, 1.54) is 23.8 Å². The summed E-state index contributed by atoms with van der Waals surface area (Å²) in [5.74, 6) is -0.581. The number of hydrogen-bond donors (Lipinski definition) is 6. The first-order valence-corrected chi connectivity index (χ1v) is 13.9. The third-order valence-electron chi connectivity index (χ3n) is 6.22. The Kier molecular flexibility index (Phi) is 7.81. The van der Waals surface area contributed by atoms with Crippen molar-refractivity contribution in [2.24, 2.45) is 10.9 Å². The smallest absolute Gasteiger partial charge is 0.352 e. The van der Waals surface area contributed by atoms with Crippen LogP contribution in [-0.2, 0) is 19.2 Å². The number of carboxylic acid groups (broad SMARTS) is 1. The van der Waals surface area contributed by atoms with E-state index in [0.717, 1.165) is 36.1 Å². The zero-order valence-electron chi connectivity index (χ0n) is 21.2. The number of amides is 2. The van der Waals surface area contributed by atoms with E-state index in [1.54, 1.807) is 0 Å². The molecule has 0 spiro atoms. The van der Waals surface area contributed by atoms with Gasteiger partial charge < -0.3 is 36.9 Å². The van der Waals surface area contributed by atoms with E-state index < -0.39 is 29.2 Å². The number of rotatable bonds is 11. The topological polar surface area (TPSA) is 217 Å². The Hall–Kier alpha value is -4.29. The normalized spacial score (nSPS) is 21.7. The van der Waals surface area contributed by atoms with E-state index in [-0.39, 0.29) is 28.9 Å². The number of aliphatic carboxylic acids is 1. The Balaban J connectivity index is 1.29. The van der Waals surface area contributed by atoms with Crippen molar-refractivity contribution < 1.29 is 24.3 Å². The molecule has 1 aromatic rings. The highest BCUT2D eigenvalue weighted by Crippen LogP contribution is 2.41. The maximum atomic E-state index is 13.1. The second-order valence-electron chi connectivity index (χ2n) is 8.78. The minimum absolute atomic E-state index is 0.0392. The molecule has 1 fully saturated rings. The molecule has 0 unspecified atom stereocenters. The van der Waals surface area contributed by atoms with Gasteiger partial charge in [0.15, 0.2) is 5.13 Å². The van der Waals surface area contributed by atoms with Gasteiger partial charge >= 0.3 is 5.97 Å². The van der Waals surface area contributed by atoms with Crippen molar-refractivity contribution in [3.05, 3.63) is 53.3 Å². The average molecular weight is 590 g/mol. The molecule has 18 heteroatoms. The number of carboxylic acids is 1. The lowest BCUT2D eigenvalue weighted by molar-refractivity contribution is -0.150. The second kappa shape index (κ2) is 11.4. The molecule has 2 atom stereocenters. The Labute approximate surface area is 236 Å². The number of anilines is 1. The van der Waals surface area contributed by atoms with Gasteiger partial charge in [0, 0.05) is 42.8 Å². The highest BCUT2D eigenvalue weighted by molar-refractivity contribution is 8.00. The van der Waals surface area contributed by atoms with E-state index in [9.17, 15) is 19.5 Å². The van der Waals surface area contributed by atoms with Crippen molar-refractivity contribution >= 4 is 51.9 Å². The van der Waals surface area contributed by atoms with Gasteiger partial charge in [-0.3, -0.25) is 19.9 Å². The van der Waals surface area contributed by atoms with E-state index in [2.05, 4.69) is 30.6 Å². The van der Waals surface area contributed by atoms with Crippen molar-refractivity contribution in [2.75, 3.05) is 38.2 Å². The first-order chi connectivity index (χ1) is 19.3. The number of oxime groups is 1. The molecule has 40 heavy (non-hydrogen) atoms. The third kappa shape index (κ3) is 5.15. The van der Waals surface area contributed by atoms with Crippen LogP contribution in [0.3, 0.4) is 0 Å². The zero-order chi connectivity index (χ0) is 28.4. The molecule has 1 aromatic heterocycles. The summed E-state index contributed by atoms with van der Waals surface area (Å²) in [6.45, 7) is 1.58. The molecule has 2 amide bonds. The van der Waals surface area contributed by atoms with Gasteiger partial charge in [0.2, 0.25) is 11.5 Å². The predicted octanol–water partition coefficient (Wildman–Crippen LogP) is -1.56. The van der Waals surface area contributed by atoms with Crippen molar-refractivity contribution in [3.63, 3.8) is 0 Å². The van der Waals surface area contributed by atoms with Crippen LogP contribution in [-0.4, -0.2) is 96.7 Å². The van der Waals surface area contributed by atoms with Gasteiger partial charge in [0.25, 0.3) is 11.8 Å². The van der Waals surface area contributed by atoms with Crippen LogP contribution in [0.25, 0.3) is 0 Å². The largest absolute Gasteiger partial charge is 0.477 e. The van der Waals surface area contributed by atoms with Crippen molar-refractivity contribution in [1.82, 2.24) is 40.2 Å². The molecule has 8 N–H and O–H groups in total. The number of allylic oxidation sites excluding steroid dienone is 2. The predicted molar refractivity (Wildman–Crippen MR) is 146 cm³/mol. The summed E-state index contributed by atoms with van der Waals surface area (Å²) in [7, 11) is 1.26. The number of hydrogen-bond acceptors (Lipinski definition) is 15. The van der Waals surface area contributed by atoms with Crippen molar-refractivity contribution in [2.45, 2.75) is 17.8 Å². The van der Waals surface area contributed by atoms with Crippen LogP contribution in [0.5, 0.6) is 0 Å². The molecular formula is C22H27N11O5S2. The number of nitrogens with two attached hydrogens (primary N) is 2. The summed E-state index contributed by atoms with van der Waals surface area (Å²) < 4.78 is 3.96. The molecular weight excluding hydrogens is 562 g/mol. The molecule has 212 valence electrons. The molecule has 0 bridgehead atoms. The Bertz CT molecular complexity index is 1370. The molecule has 5 rings (SSSR count). The molecule has 0 aromatic carbocycles. The summed E-state index contributed by atoms with van der Waals surface area (Å²) in [6, 6.07) is -0.964. The zero-order valence-corrected chi connectivity index (χ0v) is 22.9. The lowest BCUT2D eigenvalue weighted by Crippen LogP contribution is -2.71. The van der Waals surface area contributed by atoms with Gasteiger partial charge in [-0.1, -0.05) is 5.16 Å². The quantitative estimate of drug-likeness (QED) is 0.0745. The fourth-order valence-electron chi connectivity index (χ4n) is 4.42. The Morgan fingerprint density at radius 3 is 2.88 bits per heavy atom. The van der Waals surface area contributed by atoms with Crippen LogP contribution in [0.4, 0.5) is 5.13 Å². The van der Waals surface area contributed by atoms with Gasteiger partial charge in [-0.15, -0.1) is 11.8 Å². The molecule has 4 aliphatic heterocycles. The molecule has 16 nitrogen and oxygen atoms in total. The lowest BCUT2D eigenvalue weighted by atomic mass is 10.0. The molecule has 1 saturated heterocycles. The number of thioether (sulfide) groups is 1. The van der Waals surface area contributed by atoms with E-state index in [0.29, 0.717) is 17.9 Å². The highest BCUT2D eigenvalue weighted by Gasteiger charge is 2.54. The highest BCUT2D eigenvalue weighted by atomic mass is 32.2. The summed E-state index contributed by atoms with van der Waals surface area (Å²) in [6.07, 6.45) is 8.29. The maximum Gasteiger partial charge on any atom is 0.352 e. The van der Waals surface area contributed by atoms with Crippen LogP contribution in [0.15, 0.2) is 52.6 Å². The fraction of sp³-hybridized carbons (Fsp3) is 0.364. The number of β-lactam (4-membered cyclic amide) rings is 1. The summed E-state index contributed by atoms with van der Waals surface area (Å²) >= 11 is 2.24. The molecule has 4 aliphatic rings. The number of nitrogen functional groups attached to an aromatic ring is 1. The first-order valence-electron chi connectivity index (χ1n) is 12.1. The van der Waals surface area contributed by atoms with E-state index >= 15 is 0 Å². The van der Waals surface area contributed by atoms with Crippen LogP contribution >= 0.6 is 23.3 Å². The number of aromatic nitrogens is 2. The number of carbonyl (C=O) groups is 3. The number of nitrogens with zero attached hydrogens (tertiary/aromatic N) is 6. The second-order valence-corrected chi connectivity index (χ2v) is 10.7. The number of fused-ring (bicyclic) bond motifs is 2. The van der Waals surface area contributed by atoms with Crippen LogP contribution < -0.4 is 27.5 Å². The Morgan fingerprint density at radius 1 is 1.35 bits per heavy atom. The third-order valence-corrected chi connectivity index (χ3v) is 8.10. The number of hydrazine groups is 1. The van der Waals surface area contributed by atoms with Gasteiger partial charge in [0.1, 0.15) is 35.9 Å². The monoisotopic (exact) mass is 589 g/mol. The van der Waals surface area contributed by atoms with E-state index in [4.69, 9.17) is 16.3 Å². The van der Waals surface area contributed by atoms with Gasteiger partial charge in [-0.25, -0.2) is 9.80 Å². The molecule has 0 saturated carbocycles.